The molecule has 3 aromatic rings. The molecule has 0 saturated carbocycles. The molecule has 3 heterocycles. The number of nitrogens with one attached hydrogen (secondary N) is 1. The summed E-state index contributed by atoms with van der Waals surface area (Å²) in [4.78, 5) is 35.0. The maximum atomic E-state index is 14.7. The Bertz CT molecular complexity index is 1290. The van der Waals surface area contributed by atoms with E-state index in [9.17, 15) is 22.8 Å². The van der Waals surface area contributed by atoms with Crippen molar-refractivity contribution in [3.05, 3.63) is 63.5 Å². The number of hydrogen-bond donors (Lipinski definition) is 1. The van der Waals surface area contributed by atoms with Gasteiger partial charge in [0.25, 0.3) is 12.0 Å². The lowest BCUT2D eigenvalue weighted by atomic mass is 9.89. The van der Waals surface area contributed by atoms with Crippen LogP contribution in [0, 0.1) is 5.82 Å². The monoisotopic (exact) mass is 473 g/mol. The molecule has 1 aromatic carbocycles. The van der Waals surface area contributed by atoms with Crippen LogP contribution < -0.4 is 10.9 Å². The summed E-state index contributed by atoms with van der Waals surface area (Å²) in [6.07, 6.45) is -0.288. The topological polar surface area (TPSA) is 80.1 Å². The summed E-state index contributed by atoms with van der Waals surface area (Å²) >= 11 is 0. The molecular formula is C24H26F3N5O2. The van der Waals surface area contributed by atoms with Crippen LogP contribution in [-0.4, -0.2) is 38.4 Å². The lowest BCUT2D eigenvalue weighted by Crippen LogP contribution is -2.38. The lowest BCUT2D eigenvalue weighted by Gasteiger charge is -2.31. The Labute approximate surface area is 194 Å². The zero-order valence-electron chi connectivity index (χ0n) is 19.2. The van der Waals surface area contributed by atoms with Crippen LogP contribution in [0.25, 0.3) is 11.0 Å². The summed E-state index contributed by atoms with van der Waals surface area (Å²) in [6.45, 7) is 4.34. The van der Waals surface area contributed by atoms with Gasteiger partial charge in [-0.05, 0) is 31.7 Å². The molecule has 1 amide bonds. The van der Waals surface area contributed by atoms with Gasteiger partial charge in [-0.2, -0.15) is 0 Å². The van der Waals surface area contributed by atoms with Crippen molar-refractivity contribution in [2.45, 2.75) is 45.1 Å². The summed E-state index contributed by atoms with van der Waals surface area (Å²) in [6, 6.07) is 5.00. The molecule has 0 aliphatic carbocycles. The Hall–Kier alpha value is -3.43. The average Bonchev–Trinajstić information content (AvgIpc) is 2.81. The highest BCUT2D eigenvalue weighted by atomic mass is 19.3. The molecule has 2 aromatic heterocycles. The predicted molar refractivity (Wildman–Crippen MR) is 122 cm³/mol. The molecule has 7 nitrogen and oxygen atoms in total. The second-order valence-corrected chi connectivity index (χ2v) is 8.62. The van der Waals surface area contributed by atoms with Gasteiger partial charge in [-0.25, -0.2) is 23.1 Å². The van der Waals surface area contributed by atoms with E-state index >= 15 is 0 Å². The standard InChI is InChI=1S/C24H26F3N5O2/c1-13(16-5-4-6-17(20(16)25)21(26)27)30-22-19-11-18(15-7-9-32(10-8-15)14(2)33)24(34)31(3)23(19)29-12-28-22/h4-6,11-13,15,21H,7-10H2,1-3H3,(H,28,29,30)/t13-/m1/s1. The highest BCUT2D eigenvalue weighted by Crippen LogP contribution is 2.32. The minimum Gasteiger partial charge on any atom is -0.363 e. The zero-order valence-corrected chi connectivity index (χ0v) is 19.2. The Morgan fingerprint density at radius 2 is 1.85 bits per heavy atom. The van der Waals surface area contributed by atoms with Gasteiger partial charge in [0, 0.05) is 38.2 Å². The molecule has 0 radical (unpaired) electrons. The number of piperidine rings is 1. The Morgan fingerprint density at radius 1 is 1.18 bits per heavy atom. The second kappa shape index (κ2) is 9.44. The number of aromatic nitrogens is 3. The Kier molecular flexibility index (Phi) is 6.58. The average molecular weight is 473 g/mol. The maximum absolute atomic E-state index is 14.7. The summed E-state index contributed by atoms with van der Waals surface area (Å²) in [5, 5.41) is 3.68. The molecule has 10 heteroatoms. The van der Waals surface area contributed by atoms with E-state index in [1.807, 2.05) is 0 Å². The molecule has 0 unspecified atom stereocenters. The first-order valence-electron chi connectivity index (χ1n) is 11.1. The lowest BCUT2D eigenvalue weighted by molar-refractivity contribution is -0.129. The van der Waals surface area contributed by atoms with Gasteiger partial charge in [-0.1, -0.05) is 18.2 Å². The number of alkyl halides is 2. The third kappa shape index (κ3) is 4.36. The molecule has 34 heavy (non-hydrogen) atoms. The van der Waals surface area contributed by atoms with Crippen molar-refractivity contribution in [1.29, 1.82) is 0 Å². The number of likely N-dealkylation sites (tertiary alicyclic amines) is 1. The number of carbonyl (C=O) groups is 1. The quantitative estimate of drug-likeness (QED) is 0.598. The number of halogens is 3. The van der Waals surface area contributed by atoms with Crippen LogP contribution in [0.1, 0.15) is 61.8 Å². The first kappa shape index (κ1) is 23.7. The van der Waals surface area contributed by atoms with Crippen molar-refractivity contribution >= 4 is 22.8 Å². The number of pyridine rings is 1. The normalized spacial score (nSPS) is 15.7. The van der Waals surface area contributed by atoms with Crippen LogP contribution in [0.2, 0.25) is 0 Å². The smallest absolute Gasteiger partial charge is 0.266 e. The zero-order chi connectivity index (χ0) is 24.6. The van der Waals surface area contributed by atoms with Crippen molar-refractivity contribution in [2.24, 2.45) is 7.05 Å². The molecule has 1 fully saturated rings. The molecule has 1 atom stereocenters. The van der Waals surface area contributed by atoms with E-state index in [0.717, 1.165) is 6.07 Å². The van der Waals surface area contributed by atoms with Gasteiger partial charge in [0.05, 0.1) is 17.0 Å². The number of hydrogen-bond acceptors (Lipinski definition) is 5. The van der Waals surface area contributed by atoms with Gasteiger partial charge in [0.2, 0.25) is 5.91 Å². The van der Waals surface area contributed by atoms with Crippen molar-refractivity contribution in [3.8, 4) is 0 Å². The van der Waals surface area contributed by atoms with E-state index in [1.54, 1.807) is 24.9 Å². The second-order valence-electron chi connectivity index (χ2n) is 8.62. The number of carbonyl (C=O) groups excluding carboxylic acids is 1. The number of benzene rings is 1. The van der Waals surface area contributed by atoms with Crippen LogP contribution in [0.5, 0.6) is 0 Å². The number of anilines is 1. The first-order valence-corrected chi connectivity index (χ1v) is 11.1. The summed E-state index contributed by atoms with van der Waals surface area (Å²) in [7, 11) is 1.63. The van der Waals surface area contributed by atoms with Gasteiger partial charge >= 0.3 is 0 Å². The van der Waals surface area contributed by atoms with Crippen molar-refractivity contribution in [2.75, 3.05) is 18.4 Å². The predicted octanol–water partition coefficient (Wildman–Crippen LogP) is 4.30. The first-order chi connectivity index (χ1) is 16.2. The van der Waals surface area contributed by atoms with E-state index < -0.39 is 23.8 Å². The van der Waals surface area contributed by atoms with Gasteiger partial charge in [0.15, 0.2) is 0 Å². The third-order valence-electron chi connectivity index (χ3n) is 6.53. The van der Waals surface area contributed by atoms with Crippen LogP contribution in [0.4, 0.5) is 19.0 Å². The van der Waals surface area contributed by atoms with Crippen LogP contribution in [-0.2, 0) is 11.8 Å². The molecule has 1 saturated heterocycles. The molecular weight excluding hydrogens is 447 g/mol. The van der Waals surface area contributed by atoms with Crippen molar-refractivity contribution in [3.63, 3.8) is 0 Å². The summed E-state index contributed by atoms with van der Waals surface area (Å²) in [5.74, 6) is -0.593. The maximum Gasteiger partial charge on any atom is 0.266 e. The van der Waals surface area contributed by atoms with Crippen LogP contribution in [0.15, 0.2) is 35.4 Å². The molecule has 0 bridgehead atoms. The van der Waals surface area contributed by atoms with E-state index in [1.165, 1.54) is 30.0 Å². The van der Waals surface area contributed by atoms with Crippen LogP contribution >= 0.6 is 0 Å². The highest BCUT2D eigenvalue weighted by Gasteiger charge is 2.26. The van der Waals surface area contributed by atoms with Crippen LogP contribution in [0.3, 0.4) is 0 Å². The molecule has 1 aliphatic heterocycles. The SMILES string of the molecule is CC(=O)N1CCC(c2cc3c(N[C@H](C)c4cccc(C(F)F)c4F)ncnc3n(C)c2=O)CC1. The fourth-order valence-corrected chi connectivity index (χ4v) is 4.56. The van der Waals surface area contributed by atoms with E-state index in [-0.39, 0.29) is 22.9 Å². The molecule has 1 aliphatic rings. The molecule has 180 valence electrons. The molecule has 1 N–H and O–H groups in total. The van der Waals surface area contributed by atoms with E-state index in [2.05, 4.69) is 15.3 Å². The summed E-state index contributed by atoms with van der Waals surface area (Å²) in [5.41, 5.74) is 0.282. The minimum atomic E-state index is -2.92. The van der Waals surface area contributed by atoms with Gasteiger partial charge < -0.3 is 10.2 Å². The third-order valence-corrected chi connectivity index (χ3v) is 6.53. The van der Waals surface area contributed by atoms with E-state index in [4.69, 9.17) is 0 Å². The number of fused-ring (bicyclic) bond motifs is 1. The minimum absolute atomic E-state index is 0.0156. The molecule has 0 spiro atoms. The van der Waals surface area contributed by atoms with Gasteiger partial charge in [-0.15, -0.1) is 0 Å². The molecule has 4 rings (SSSR count). The fourth-order valence-electron chi connectivity index (χ4n) is 4.56. The fraction of sp³-hybridized carbons (Fsp3) is 0.417. The van der Waals surface area contributed by atoms with Crippen molar-refractivity contribution in [1.82, 2.24) is 19.4 Å². The van der Waals surface area contributed by atoms with E-state index in [0.29, 0.717) is 48.3 Å². The largest absolute Gasteiger partial charge is 0.363 e. The highest BCUT2D eigenvalue weighted by molar-refractivity contribution is 5.87. The van der Waals surface area contributed by atoms with Gasteiger partial charge in [-0.3, -0.25) is 14.2 Å². The number of rotatable bonds is 5. The number of amides is 1. The van der Waals surface area contributed by atoms with Gasteiger partial charge in [0.1, 0.15) is 23.6 Å². The van der Waals surface area contributed by atoms with Crippen molar-refractivity contribution < 1.29 is 18.0 Å². The number of aryl methyl sites for hydroxylation is 1. The Balaban J connectivity index is 1.70. The Morgan fingerprint density at radius 3 is 2.50 bits per heavy atom. The summed E-state index contributed by atoms with van der Waals surface area (Å²) < 4.78 is 42.4. The number of nitrogens with zero attached hydrogens (tertiary/aromatic N) is 4.